The van der Waals surface area contributed by atoms with E-state index in [9.17, 15) is 23.2 Å². The molecule has 0 aliphatic carbocycles. The van der Waals surface area contributed by atoms with Crippen molar-refractivity contribution in [3.05, 3.63) is 33.5 Å². The van der Waals surface area contributed by atoms with E-state index >= 15 is 0 Å². The number of nitrogens with one attached hydrogen (secondary N) is 1. The fourth-order valence-corrected chi connectivity index (χ4v) is 3.58. The molecule has 0 atom stereocenters. The maximum atomic E-state index is 13.0. The number of nitrogens with two attached hydrogens (primary N) is 1. The molecular weight excluding hydrogens is 394 g/mol. The van der Waals surface area contributed by atoms with Crippen LogP contribution in [0.1, 0.15) is 56.8 Å². The van der Waals surface area contributed by atoms with Crippen LogP contribution in [-0.4, -0.2) is 34.2 Å². The Kier molecular flexibility index (Phi) is 6.84. The number of primary amides is 1. The number of alkyl halides is 2. The third-order valence-corrected chi connectivity index (χ3v) is 4.94. The lowest BCUT2D eigenvalue weighted by molar-refractivity contribution is -0.117. The fraction of sp³-hybridized carbons (Fsp3) is 0.412. The zero-order valence-electron chi connectivity index (χ0n) is 15.5. The number of anilines is 1. The van der Waals surface area contributed by atoms with Crippen LogP contribution >= 0.6 is 11.3 Å². The van der Waals surface area contributed by atoms with E-state index in [0.29, 0.717) is 12.1 Å². The molecule has 0 bridgehead atoms. The summed E-state index contributed by atoms with van der Waals surface area (Å²) in [6.07, 6.45) is -2.20. The molecular formula is C17H20F2N4O4S. The van der Waals surface area contributed by atoms with Gasteiger partial charge in [-0.05, 0) is 31.9 Å². The summed E-state index contributed by atoms with van der Waals surface area (Å²) in [5.41, 5.74) is 5.57. The Morgan fingerprint density at radius 1 is 1.36 bits per heavy atom. The van der Waals surface area contributed by atoms with E-state index in [1.165, 1.54) is 19.9 Å². The number of thiophene rings is 1. The molecule has 28 heavy (non-hydrogen) atoms. The number of halogens is 2. The number of aryl methyl sites for hydroxylation is 1. The summed E-state index contributed by atoms with van der Waals surface area (Å²) in [6, 6.07) is 1.19. The van der Waals surface area contributed by atoms with Crippen LogP contribution in [0.2, 0.25) is 0 Å². The number of carbonyl (C=O) groups is 3. The molecule has 0 saturated carbocycles. The van der Waals surface area contributed by atoms with E-state index in [2.05, 4.69) is 10.4 Å². The molecule has 2 aromatic rings. The number of aromatic nitrogens is 2. The van der Waals surface area contributed by atoms with Gasteiger partial charge in [-0.25, -0.2) is 13.6 Å². The third kappa shape index (κ3) is 4.71. The highest BCUT2D eigenvalue weighted by atomic mass is 32.1. The Bertz CT molecular complexity index is 907. The van der Waals surface area contributed by atoms with Crippen LogP contribution in [0.3, 0.4) is 0 Å². The lowest BCUT2D eigenvalue weighted by Gasteiger charge is -2.09. The number of amides is 2. The van der Waals surface area contributed by atoms with Gasteiger partial charge in [-0.1, -0.05) is 6.92 Å². The van der Waals surface area contributed by atoms with E-state index in [1.54, 1.807) is 0 Å². The minimum atomic E-state index is -2.79. The van der Waals surface area contributed by atoms with Crippen molar-refractivity contribution < 1.29 is 27.9 Å². The van der Waals surface area contributed by atoms with Crippen LogP contribution in [0.25, 0.3) is 0 Å². The molecule has 0 fully saturated rings. The molecule has 2 aromatic heterocycles. The van der Waals surface area contributed by atoms with E-state index in [-0.39, 0.29) is 27.6 Å². The van der Waals surface area contributed by atoms with Crippen LogP contribution in [0.15, 0.2) is 6.07 Å². The quantitative estimate of drug-likeness (QED) is 0.645. The molecule has 0 aromatic carbocycles. The molecule has 0 radical (unpaired) electrons. The number of carbonyl (C=O) groups excluding carboxylic acids is 3. The molecule has 3 N–H and O–H groups in total. The van der Waals surface area contributed by atoms with Crippen molar-refractivity contribution >= 4 is 34.1 Å². The van der Waals surface area contributed by atoms with E-state index < -0.39 is 36.4 Å². The molecule has 11 heteroatoms. The van der Waals surface area contributed by atoms with Crippen LogP contribution in [0.5, 0.6) is 0 Å². The van der Waals surface area contributed by atoms with Crippen molar-refractivity contribution in [2.45, 2.75) is 40.2 Å². The van der Waals surface area contributed by atoms with Gasteiger partial charge in [-0.2, -0.15) is 5.10 Å². The van der Waals surface area contributed by atoms with Gasteiger partial charge in [-0.15, -0.1) is 11.3 Å². The second-order valence-electron chi connectivity index (χ2n) is 5.98. The minimum Gasteiger partial charge on any atom is -0.462 e. The molecule has 152 valence electrons. The maximum Gasteiger partial charge on any atom is 0.341 e. The SMILES string of the molecule is CCCOC(=O)c1c(NC(=O)Cn2nc(C)cc2C(F)F)sc(C(N)=O)c1C. The van der Waals surface area contributed by atoms with Gasteiger partial charge in [0.2, 0.25) is 5.91 Å². The van der Waals surface area contributed by atoms with Crippen molar-refractivity contribution in [3.8, 4) is 0 Å². The standard InChI is InChI=1S/C17H20F2N4O4S/c1-4-5-27-17(26)12-9(3)13(15(20)25)28-16(12)21-11(24)7-23-10(14(18)19)6-8(2)22-23/h6,14H,4-5,7H2,1-3H3,(H2,20,25)(H,21,24). The highest BCUT2D eigenvalue weighted by Crippen LogP contribution is 2.33. The molecule has 2 heterocycles. The molecule has 0 unspecified atom stereocenters. The first kappa shape index (κ1) is 21.5. The minimum absolute atomic E-state index is 0.0197. The highest BCUT2D eigenvalue weighted by Gasteiger charge is 2.26. The van der Waals surface area contributed by atoms with Crippen molar-refractivity contribution in [2.75, 3.05) is 11.9 Å². The first-order valence-electron chi connectivity index (χ1n) is 8.38. The summed E-state index contributed by atoms with van der Waals surface area (Å²) in [7, 11) is 0. The summed E-state index contributed by atoms with van der Waals surface area (Å²) < 4.78 is 32.1. The van der Waals surface area contributed by atoms with Crippen molar-refractivity contribution in [1.82, 2.24) is 9.78 Å². The Morgan fingerprint density at radius 3 is 2.61 bits per heavy atom. The third-order valence-electron chi connectivity index (χ3n) is 3.72. The molecule has 0 saturated heterocycles. The molecule has 0 spiro atoms. The lowest BCUT2D eigenvalue weighted by Crippen LogP contribution is -2.22. The van der Waals surface area contributed by atoms with Crippen molar-refractivity contribution in [2.24, 2.45) is 5.73 Å². The summed E-state index contributed by atoms with van der Waals surface area (Å²) in [5.74, 6) is -2.15. The van der Waals surface area contributed by atoms with Gasteiger partial charge in [0.15, 0.2) is 0 Å². The zero-order valence-corrected chi connectivity index (χ0v) is 16.4. The van der Waals surface area contributed by atoms with Crippen LogP contribution < -0.4 is 11.1 Å². The average Bonchev–Trinajstić information content (AvgIpc) is 3.12. The predicted molar refractivity (Wildman–Crippen MR) is 98.7 cm³/mol. The summed E-state index contributed by atoms with van der Waals surface area (Å²) in [5, 5.41) is 6.42. The Morgan fingerprint density at radius 2 is 2.04 bits per heavy atom. The van der Waals surface area contributed by atoms with Gasteiger partial charge < -0.3 is 15.8 Å². The van der Waals surface area contributed by atoms with E-state index in [0.717, 1.165) is 16.0 Å². The van der Waals surface area contributed by atoms with Gasteiger partial charge in [0.25, 0.3) is 12.3 Å². The van der Waals surface area contributed by atoms with Crippen molar-refractivity contribution in [1.29, 1.82) is 0 Å². The van der Waals surface area contributed by atoms with E-state index in [1.807, 2.05) is 6.92 Å². The lowest BCUT2D eigenvalue weighted by atomic mass is 10.1. The Balaban J connectivity index is 2.29. The molecule has 0 aliphatic rings. The molecule has 8 nitrogen and oxygen atoms in total. The highest BCUT2D eigenvalue weighted by molar-refractivity contribution is 7.18. The fourth-order valence-electron chi connectivity index (χ4n) is 2.52. The topological polar surface area (TPSA) is 116 Å². The number of rotatable bonds is 8. The normalized spacial score (nSPS) is 10.9. The first-order chi connectivity index (χ1) is 13.1. The molecule has 2 rings (SSSR count). The number of hydrogen-bond acceptors (Lipinski definition) is 6. The van der Waals surface area contributed by atoms with Crippen LogP contribution in [0, 0.1) is 13.8 Å². The van der Waals surface area contributed by atoms with Gasteiger partial charge in [0.05, 0.1) is 22.7 Å². The first-order valence-corrected chi connectivity index (χ1v) is 9.20. The average molecular weight is 414 g/mol. The van der Waals surface area contributed by atoms with E-state index in [4.69, 9.17) is 10.5 Å². The summed E-state index contributed by atoms with van der Waals surface area (Å²) in [6.45, 7) is 4.54. The van der Waals surface area contributed by atoms with Gasteiger partial charge in [0.1, 0.15) is 17.2 Å². The van der Waals surface area contributed by atoms with Crippen LogP contribution in [0.4, 0.5) is 13.8 Å². The second kappa shape index (κ2) is 8.91. The number of esters is 1. The van der Waals surface area contributed by atoms with Crippen LogP contribution in [-0.2, 0) is 16.1 Å². The number of hydrogen-bond donors (Lipinski definition) is 2. The largest absolute Gasteiger partial charge is 0.462 e. The van der Waals surface area contributed by atoms with Crippen molar-refractivity contribution in [3.63, 3.8) is 0 Å². The molecule has 0 aliphatic heterocycles. The molecule has 2 amide bonds. The summed E-state index contributed by atoms with van der Waals surface area (Å²) in [4.78, 5) is 36.4. The maximum absolute atomic E-state index is 13.0. The second-order valence-corrected chi connectivity index (χ2v) is 7.00. The zero-order chi connectivity index (χ0) is 21.0. The number of ether oxygens (including phenoxy) is 1. The monoisotopic (exact) mass is 414 g/mol. The smallest absolute Gasteiger partial charge is 0.341 e. The Labute approximate surface area is 163 Å². The Hall–Kier alpha value is -2.82. The summed E-state index contributed by atoms with van der Waals surface area (Å²) >= 11 is 0.825. The van der Waals surface area contributed by atoms with Gasteiger partial charge >= 0.3 is 5.97 Å². The number of nitrogens with zero attached hydrogens (tertiary/aromatic N) is 2. The van der Waals surface area contributed by atoms with Gasteiger partial charge in [0, 0.05) is 0 Å². The van der Waals surface area contributed by atoms with Gasteiger partial charge in [-0.3, -0.25) is 14.3 Å². The predicted octanol–water partition coefficient (Wildman–Crippen LogP) is 2.80.